The Labute approximate surface area is 90.0 Å². The van der Waals surface area contributed by atoms with E-state index in [1.54, 1.807) is 18.2 Å². The number of allylic oxidation sites excluding steroid dienone is 3. The molecule has 0 radical (unpaired) electrons. The van der Waals surface area contributed by atoms with E-state index >= 15 is 0 Å². The van der Waals surface area contributed by atoms with Crippen LogP contribution in [0.15, 0.2) is 37.1 Å². The number of ether oxygens (including phenoxy) is 2. The Morgan fingerprint density at radius 3 is 2.73 bits per heavy atom. The fourth-order valence-electron chi connectivity index (χ4n) is 0.760. The second-order valence-electron chi connectivity index (χ2n) is 2.78. The highest BCUT2D eigenvalue weighted by Crippen LogP contribution is 1.97. The summed E-state index contributed by atoms with van der Waals surface area (Å²) >= 11 is 0. The Morgan fingerprint density at radius 1 is 1.40 bits per heavy atom. The number of carbonyl (C=O) groups excluding carboxylic acids is 1. The van der Waals surface area contributed by atoms with Gasteiger partial charge in [-0.25, -0.2) is 0 Å². The molecule has 0 saturated heterocycles. The summed E-state index contributed by atoms with van der Waals surface area (Å²) in [6, 6.07) is 0. The van der Waals surface area contributed by atoms with Crippen molar-refractivity contribution in [3.05, 3.63) is 37.1 Å². The number of carbonyl (C=O) groups is 1. The summed E-state index contributed by atoms with van der Waals surface area (Å²) in [4.78, 5) is 10.3. The van der Waals surface area contributed by atoms with Crippen LogP contribution in [0.2, 0.25) is 0 Å². The smallest absolute Gasteiger partial charge is 0.243 e. The summed E-state index contributed by atoms with van der Waals surface area (Å²) in [5.41, 5.74) is 4.88. The number of nitrogens with two attached hydrogens (primary N) is 1. The molecule has 4 nitrogen and oxygen atoms in total. The maximum Gasteiger partial charge on any atom is 0.243 e. The fourth-order valence-corrected chi connectivity index (χ4v) is 0.760. The van der Waals surface area contributed by atoms with Crippen LogP contribution in [0.5, 0.6) is 0 Å². The van der Waals surface area contributed by atoms with Crippen LogP contribution in [-0.2, 0) is 14.3 Å². The van der Waals surface area contributed by atoms with E-state index in [4.69, 9.17) is 15.2 Å². The Hall–Kier alpha value is -1.55. The summed E-state index contributed by atoms with van der Waals surface area (Å²) in [5.74, 6) is 0.110. The quantitative estimate of drug-likeness (QED) is 0.353. The molecule has 0 heterocycles. The maximum absolute atomic E-state index is 10.3. The van der Waals surface area contributed by atoms with Crippen LogP contribution in [0.4, 0.5) is 0 Å². The van der Waals surface area contributed by atoms with E-state index in [-0.39, 0.29) is 6.61 Å². The first kappa shape index (κ1) is 13.4. The molecular weight excluding hydrogens is 194 g/mol. The number of rotatable bonds is 9. The minimum absolute atomic E-state index is 0.0443. The van der Waals surface area contributed by atoms with Crippen LogP contribution in [0.3, 0.4) is 0 Å². The van der Waals surface area contributed by atoms with Gasteiger partial charge in [-0.3, -0.25) is 4.79 Å². The highest BCUT2D eigenvalue weighted by atomic mass is 16.5. The zero-order valence-corrected chi connectivity index (χ0v) is 8.78. The molecule has 0 spiro atoms. The molecule has 4 heteroatoms. The minimum atomic E-state index is -0.464. The first-order chi connectivity index (χ1) is 7.16. The molecule has 84 valence electrons. The van der Waals surface area contributed by atoms with Crippen molar-refractivity contribution in [1.29, 1.82) is 0 Å². The summed E-state index contributed by atoms with van der Waals surface area (Å²) < 4.78 is 10.2. The van der Waals surface area contributed by atoms with Crippen LogP contribution in [-0.4, -0.2) is 25.7 Å². The highest BCUT2D eigenvalue weighted by Gasteiger charge is 1.94. The third-order valence-electron chi connectivity index (χ3n) is 1.38. The topological polar surface area (TPSA) is 61.6 Å². The van der Waals surface area contributed by atoms with Gasteiger partial charge in [-0.1, -0.05) is 25.3 Å². The molecule has 0 aromatic heterocycles. The first-order valence-corrected chi connectivity index (χ1v) is 4.63. The Balaban J connectivity index is 3.31. The van der Waals surface area contributed by atoms with Gasteiger partial charge in [0.25, 0.3) is 0 Å². The van der Waals surface area contributed by atoms with Crippen molar-refractivity contribution in [2.45, 2.75) is 6.42 Å². The van der Waals surface area contributed by atoms with Gasteiger partial charge in [-0.05, 0) is 6.08 Å². The molecule has 0 aromatic carbocycles. The van der Waals surface area contributed by atoms with Crippen LogP contribution >= 0.6 is 0 Å². The molecule has 0 aliphatic heterocycles. The van der Waals surface area contributed by atoms with Gasteiger partial charge in [-0.2, -0.15) is 0 Å². The van der Waals surface area contributed by atoms with E-state index in [9.17, 15) is 4.79 Å². The molecule has 15 heavy (non-hydrogen) atoms. The van der Waals surface area contributed by atoms with Gasteiger partial charge in [-0.15, -0.1) is 0 Å². The molecule has 0 saturated carbocycles. The van der Waals surface area contributed by atoms with Gasteiger partial charge in [0, 0.05) is 6.42 Å². The van der Waals surface area contributed by atoms with Gasteiger partial charge in [0.15, 0.2) is 0 Å². The fraction of sp³-hybridized carbons (Fsp3) is 0.364. The zero-order chi connectivity index (χ0) is 11.5. The molecule has 0 atom stereocenters. The second kappa shape index (κ2) is 9.02. The molecule has 0 bridgehead atoms. The first-order valence-electron chi connectivity index (χ1n) is 4.63. The third kappa shape index (κ3) is 10.4. The van der Waals surface area contributed by atoms with Crippen molar-refractivity contribution in [3.63, 3.8) is 0 Å². The van der Waals surface area contributed by atoms with E-state index in [2.05, 4.69) is 13.2 Å². The number of hydrogen-bond acceptors (Lipinski definition) is 3. The van der Waals surface area contributed by atoms with Crippen molar-refractivity contribution < 1.29 is 14.3 Å². The lowest BCUT2D eigenvalue weighted by atomic mass is 10.4. The van der Waals surface area contributed by atoms with E-state index in [1.807, 2.05) is 0 Å². The van der Waals surface area contributed by atoms with Crippen molar-refractivity contribution in [2.75, 3.05) is 19.8 Å². The zero-order valence-electron chi connectivity index (χ0n) is 8.78. The van der Waals surface area contributed by atoms with Crippen LogP contribution < -0.4 is 5.73 Å². The second-order valence-corrected chi connectivity index (χ2v) is 2.78. The van der Waals surface area contributed by atoms with E-state index in [1.165, 1.54) is 0 Å². The van der Waals surface area contributed by atoms with Gasteiger partial charge in [0.05, 0.1) is 13.2 Å². The Morgan fingerprint density at radius 2 is 2.13 bits per heavy atom. The Kier molecular flexibility index (Phi) is 8.09. The standard InChI is InChI=1S/C11H17NO3/c1-3-4-6-10(2)15-8-5-7-14-9-11(12)13/h3-4,6H,1-2,5,7-9H2,(H2,12,13)/b6-4-. The van der Waals surface area contributed by atoms with Crippen molar-refractivity contribution >= 4 is 5.91 Å². The highest BCUT2D eigenvalue weighted by molar-refractivity contribution is 5.74. The maximum atomic E-state index is 10.3. The Bertz CT molecular complexity index is 246. The van der Waals surface area contributed by atoms with Crippen molar-refractivity contribution in [2.24, 2.45) is 5.73 Å². The van der Waals surface area contributed by atoms with Gasteiger partial charge in [0.2, 0.25) is 5.91 Å². The summed E-state index contributed by atoms with van der Waals surface area (Å²) in [6.45, 7) is 8.09. The van der Waals surface area contributed by atoms with Crippen LogP contribution in [0.25, 0.3) is 0 Å². The van der Waals surface area contributed by atoms with Gasteiger partial charge >= 0.3 is 0 Å². The monoisotopic (exact) mass is 211 g/mol. The van der Waals surface area contributed by atoms with E-state index in [0.717, 1.165) is 0 Å². The van der Waals surface area contributed by atoms with E-state index in [0.29, 0.717) is 25.4 Å². The molecule has 0 fully saturated rings. The van der Waals surface area contributed by atoms with Crippen LogP contribution in [0.1, 0.15) is 6.42 Å². The molecule has 0 rings (SSSR count). The predicted octanol–water partition coefficient (Wildman–Crippen LogP) is 1.15. The van der Waals surface area contributed by atoms with Crippen molar-refractivity contribution in [3.8, 4) is 0 Å². The molecule has 0 unspecified atom stereocenters. The van der Waals surface area contributed by atoms with Crippen molar-refractivity contribution in [1.82, 2.24) is 0 Å². The summed E-state index contributed by atoms with van der Waals surface area (Å²) in [7, 11) is 0. The van der Waals surface area contributed by atoms with Crippen LogP contribution in [0, 0.1) is 0 Å². The molecule has 1 amide bonds. The third-order valence-corrected chi connectivity index (χ3v) is 1.38. The number of amides is 1. The number of primary amides is 1. The molecular formula is C11H17NO3. The van der Waals surface area contributed by atoms with Gasteiger partial charge in [0.1, 0.15) is 12.4 Å². The summed E-state index contributed by atoms with van der Waals surface area (Å²) in [5, 5.41) is 0. The predicted molar refractivity (Wildman–Crippen MR) is 59.1 cm³/mol. The lowest BCUT2D eigenvalue weighted by Gasteiger charge is -2.05. The molecule has 0 aliphatic rings. The SMILES string of the molecule is C=C/C=C\C(=C)OCCCOCC(N)=O. The average Bonchev–Trinajstić information content (AvgIpc) is 2.19. The lowest BCUT2D eigenvalue weighted by Crippen LogP contribution is -2.18. The lowest BCUT2D eigenvalue weighted by molar-refractivity contribution is -0.122. The molecule has 2 N–H and O–H groups in total. The van der Waals surface area contributed by atoms with Gasteiger partial charge < -0.3 is 15.2 Å². The number of hydrogen-bond donors (Lipinski definition) is 1. The normalized spacial score (nSPS) is 10.1. The molecule has 0 aliphatic carbocycles. The minimum Gasteiger partial charge on any atom is -0.494 e. The largest absolute Gasteiger partial charge is 0.494 e. The summed E-state index contributed by atoms with van der Waals surface area (Å²) in [6.07, 6.45) is 5.79. The average molecular weight is 211 g/mol. The molecule has 0 aromatic rings. The van der Waals surface area contributed by atoms with E-state index < -0.39 is 5.91 Å².